The standard InChI is InChI=1S/C16H14ClNO3S/c17-22(20,21)15-10-4-2-8-13(15)16(19)18-11-5-7-12-6-1-3-9-14(12)18/h1-4,6,8-10H,5,7,11H2. The number of hydrogen-bond acceptors (Lipinski definition) is 3. The lowest BCUT2D eigenvalue weighted by molar-refractivity contribution is 0.0982. The number of carbonyl (C=O) groups excluding carboxylic acids is 1. The molecule has 114 valence electrons. The van der Waals surface area contributed by atoms with Crippen molar-refractivity contribution in [2.24, 2.45) is 0 Å². The molecule has 0 radical (unpaired) electrons. The van der Waals surface area contributed by atoms with E-state index in [0.717, 1.165) is 24.1 Å². The molecule has 22 heavy (non-hydrogen) atoms. The summed E-state index contributed by atoms with van der Waals surface area (Å²) in [6, 6.07) is 13.7. The van der Waals surface area contributed by atoms with E-state index in [1.807, 2.05) is 24.3 Å². The van der Waals surface area contributed by atoms with Gasteiger partial charge in [0.05, 0.1) is 10.5 Å². The number of nitrogens with zero attached hydrogens (tertiary/aromatic N) is 1. The Morgan fingerprint density at radius 1 is 1.05 bits per heavy atom. The molecule has 0 saturated heterocycles. The highest BCUT2D eigenvalue weighted by molar-refractivity contribution is 8.13. The van der Waals surface area contributed by atoms with Gasteiger partial charge >= 0.3 is 0 Å². The largest absolute Gasteiger partial charge is 0.308 e. The molecular weight excluding hydrogens is 322 g/mol. The van der Waals surface area contributed by atoms with Crippen LogP contribution in [0.15, 0.2) is 53.4 Å². The summed E-state index contributed by atoms with van der Waals surface area (Å²) in [6.07, 6.45) is 1.76. The number of amides is 1. The van der Waals surface area contributed by atoms with Crippen LogP contribution in [0.5, 0.6) is 0 Å². The SMILES string of the molecule is O=C(c1ccccc1S(=O)(=O)Cl)N1CCCc2ccccc21. The van der Waals surface area contributed by atoms with Gasteiger partial charge in [0.25, 0.3) is 15.0 Å². The van der Waals surface area contributed by atoms with Crippen molar-refractivity contribution >= 4 is 31.3 Å². The predicted octanol–water partition coefficient (Wildman–Crippen LogP) is 3.21. The van der Waals surface area contributed by atoms with E-state index in [0.29, 0.717) is 6.54 Å². The molecule has 0 atom stereocenters. The number of benzene rings is 2. The van der Waals surface area contributed by atoms with E-state index in [1.165, 1.54) is 12.1 Å². The lowest BCUT2D eigenvalue weighted by Gasteiger charge is -2.29. The molecular formula is C16H14ClNO3S. The van der Waals surface area contributed by atoms with E-state index >= 15 is 0 Å². The summed E-state index contributed by atoms with van der Waals surface area (Å²) in [4.78, 5) is 14.3. The van der Waals surface area contributed by atoms with Crippen molar-refractivity contribution in [1.29, 1.82) is 0 Å². The van der Waals surface area contributed by atoms with Gasteiger partial charge in [-0.1, -0.05) is 30.3 Å². The molecule has 2 aromatic rings. The number of hydrogen-bond donors (Lipinski definition) is 0. The van der Waals surface area contributed by atoms with E-state index in [1.54, 1.807) is 17.0 Å². The van der Waals surface area contributed by atoms with Crippen LogP contribution in [0.4, 0.5) is 5.69 Å². The van der Waals surface area contributed by atoms with Crippen LogP contribution in [-0.4, -0.2) is 20.9 Å². The lowest BCUT2D eigenvalue weighted by Crippen LogP contribution is -2.36. The minimum Gasteiger partial charge on any atom is -0.308 e. The van der Waals surface area contributed by atoms with E-state index in [2.05, 4.69) is 0 Å². The number of aryl methyl sites for hydroxylation is 1. The lowest BCUT2D eigenvalue weighted by atomic mass is 10.0. The van der Waals surface area contributed by atoms with E-state index in [9.17, 15) is 13.2 Å². The first-order chi connectivity index (χ1) is 10.5. The quantitative estimate of drug-likeness (QED) is 0.792. The fourth-order valence-electron chi connectivity index (χ4n) is 2.75. The highest BCUT2D eigenvalue weighted by Gasteiger charge is 2.27. The molecule has 6 heteroatoms. The van der Waals surface area contributed by atoms with Crippen LogP contribution in [-0.2, 0) is 15.5 Å². The molecule has 1 heterocycles. The zero-order chi connectivity index (χ0) is 15.7. The second-order valence-corrected chi connectivity index (χ2v) is 7.66. The number of rotatable bonds is 2. The molecule has 0 bridgehead atoms. The van der Waals surface area contributed by atoms with Crippen LogP contribution in [0.3, 0.4) is 0 Å². The maximum Gasteiger partial charge on any atom is 0.262 e. The summed E-state index contributed by atoms with van der Waals surface area (Å²) in [6.45, 7) is 0.562. The van der Waals surface area contributed by atoms with Gasteiger partial charge in [0.2, 0.25) is 0 Å². The summed E-state index contributed by atoms with van der Waals surface area (Å²) in [7, 11) is 1.48. The Balaban J connectivity index is 2.07. The molecule has 0 unspecified atom stereocenters. The molecule has 1 aliphatic heterocycles. The molecule has 3 rings (SSSR count). The van der Waals surface area contributed by atoms with Crippen LogP contribution < -0.4 is 4.90 Å². The second kappa shape index (κ2) is 5.74. The first kappa shape index (κ1) is 15.1. The molecule has 0 saturated carbocycles. The number of halogens is 1. The minimum atomic E-state index is -3.97. The number of carbonyl (C=O) groups is 1. The molecule has 1 aliphatic rings. The molecule has 4 nitrogen and oxygen atoms in total. The van der Waals surface area contributed by atoms with Gasteiger partial charge in [0.1, 0.15) is 0 Å². The Labute approximate surface area is 133 Å². The minimum absolute atomic E-state index is 0.106. The summed E-state index contributed by atoms with van der Waals surface area (Å²) in [5, 5.41) is 0. The zero-order valence-corrected chi connectivity index (χ0v) is 13.3. The molecule has 0 fully saturated rings. The van der Waals surface area contributed by atoms with Crippen LogP contribution in [0.25, 0.3) is 0 Å². The highest BCUT2D eigenvalue weighted by atomic mass is 35.7. The van der Waals surface area contributed by atoms with Crippen molar-refractivity contribution in [3.63, 3.8) is 0 Å². The summed E-state index contributed by atoms with van der Waals surface area (Å²) in [5.41, 5.74) is 2.03. The molecule has 0 aliphatic carbocycles. The average molecular weight is 336 g/mol. The van der Waals surface area contributed by atoms with Gasteiger partial charge in [0.15, 0.2) is 0 Å². The monoisotopic (exact) mass is 335 g/mol. The summed E-state index contributed by atoms with van der Waals surface area (Å²) in [5.74, 6) is -0.341. The fourth-order valence-corrected chi connectivity index (χ4v) is 3.81. The van der Waals surface area contributed by atoms with E-state index in [-0.39, 0.29) is 16.4 Å². The van der Waals surface area contributed by atoms with Crippen LogP contribution >= 0.6 is 10.7 Å². The van der Waals surface area contributed by atoms with Crippen LogP contribution in [0.2, 0.25) is 0 Å². The summed E-state index contributed by atoms with van der Waals surface area (Å²) >= 11 is 0. The van der Waals surface area contributed by atoms with Crippen molar-refractivity contribution in [1.82, 2.24) is 0 Å². The van der Waals surface area contributed by atoms with Crippen molar-refractivity contribution in [3.05, 3.63) is 59.7 Å². The Morgan fingerprint density at radius 3 is 2.50 bits per heavy atom. The first-order valence-electron chi connectivity index (χ1n) is 6.92. The van der Waals surface area contributed by atoms with Gasteiger partial charge in [-0.3, -0.25) is 4.79 Å². The van der Waals surface area contributed by atoms with Gasteiger partial charge < -0.3 is 4.90 Å². The third-order valence-corrected chi connectivity index (χ3v) is 5.12. The average Bonchev–Trinajstić information content (AvgIpc) is 2.53. The smallest absolute Gasteiger partial charge is 0.262 e. The van der Waals surface area contributed by atoms with E-state index in [4.69, 9.17) is 10.7 Å². The van der Waals surface area contributed by atoms with Crippen molar-refractivity contribution < 1.29 is 13.2 Å². The molecule has 0 spiro atoms. The number of anilines is 1. The van der Waals surface area contributed by atoms with Gasteiger partial charge in [-0.25, -0.2) is 8.42 Å². The fraction of sp³-hybridized carbons (Fsp3) is 0.188. The predicted molar refractivity (Wildman–Crippen MR) is 85.9 cm³/mol. The maximum atomic E-state index is 12.8. The van der Waals surface area contributed by atoms with Crippen molar-refractivity contribution in [2.75, 3.05) is 11.4 Å². The van der Waals surface area contributed by atoms with Crippen LogP contribution in [0, 0.1) is 0 Å². The normalized spacial score (nSPS) is 14.5. The second-order valence-electron chi connectivity index (χ2n) is 5.12. The maximum absolute atomic E-state index is 12.8. The Hall–Kier alpha value is -1.85. The first-order valence-corrected chi connectivity index (χ1v) is 9.23. The third kappa shape index (κ3) is 2.74. The number of fused-ring (bicyclic) bond motifs is 1. The summed E-state index contributed by atoms with van der Waals surface area (Å²) < 4.78 is 23.4. The van der Waals surface area contributed by atoms with Gasteiger partial charge in [-0.05, 0) is 36.6 Å². The van der Waals surface area contributed by atoms with Gasteiger partial charge in [0, 0.05) is 22.9 Å². The van der Waals surface area contributed by atoms with Gasteiger partial charge in [-0.2, -0.15) is 0 Å². The molecule has 2 aromatic carbocycles. The molecule has 0 N–H and O–H groups in total. The Bertz CT molecular complexity index is 833. The van der Waals surface area contributed by atoms with Crippen LogP contribution in [0.1, 0.15) is 22.3 Å². The highest BCUT2D eigenvalue weighted by Crippen LogP contribution is 2.30. The number of para-hydroxylation sites is 1. The third-order valence-electron chi connectivity index (χ3n) is 3.74. The zero-order valence-electron chi connectivity index (χ0n) is 11.7. The van der Waals surface area contributed by atoms with Crippen molar-refractivity contribution in [2.45, 2.75) is 17.7 Å². The van der Waals surface area contributed by atoms with Gasteiger partial charge in [-0.15, -0.1) is 0 Å². The topological polar surface area (TPSA) is 54.5 Å². The van der Waals surface area contributed by atoms with Crippen molar-refractivity contribution in [3.8, 4) is 0 Å². The molecule has 0 aromatic heterocycles. The molecule has 1 amide bonds. The Kier molecular flexibility index (Phi) is 3.93. The Morgan fingerprint density at radius 2 is 1.73 bits per heavy atom. The van der Waals surface area contributed by atoms with E-state index < -0.39 is 9.05 Å².